The van der Waals surface area contributed by atoms with Gasteiger partial charge in [-0.3, -0.25) is 0 Å². The lowest BCUT2D eigenvalue weighted by molar-refractivity contribution is 0.181. The van der Waals surface area contributed by atoms with Crippen LogP contribution in [-0.4, -0.2) is 26.3 Å². The Morgan fingerprint density at radius 1 is 1.39 bits per heavy atom. The fourth-order valence-electron chi connectivity index (χ4n) is 1.90. The molecule has 98 valence electrons. The van der Waals surface area contributed by atoms with Crippen LogP contribution in [0.25, 0.3) is 0 Å². The van der Waals surface area contributed by atoms with Gasteiger partial charge in [-0.15, -0.1) is 0 Å². The second kappa shape index (κ2) is 6.31. The van der Waals surface area contributed by atoms with Crippen molar-refractivity contribution in [2.45, 2.75) is 19.9 Å². The van der Waals surface area contributed by atoms with Crippen molar-refractivity contribution in [3.63, 3.8) is 0 Å². The molecule has 0 heterocycles. The van der Waals surface area contributed by atoms with Crippen molar-refractivity contribution in [3.05, 3.63) is 29.3 Å². The van der Waals surface area contributed by atoms with Crippen LogP contribution in [0.1, 0.15) is 19.4 Å². The van der Waals surface area contributed by atoms with Gasteiger partial charge in [0.2, 0.25) is 0 Å². The molecule has 0 saturated carbocycles. The predicted molar refractivity (Wildman–Crippen MR) is 65.4 cm³/mol. The molecule has 1 aromatic carbocycles. The van der Waals surface area contributed by atoms with Crippen molar-refractivity contribution < 1.29 is 13.5 Å². The summed E-state index contributed by atoms with van der Waals surface area (Å²) in [6.07, 6.45) is 0. The molecule has 0 saturated heterocycles. The molecular weight excluding hydrogens is 238 g/mol. The number of anilines is 1. The molecule has 1 aromatic rings. The van der Waals surface area contributed by atoms with E-state index in [1.54, 1.807) is 18.1 Å². The van der Waals surface area contributed by atoms with Gasteiger partial charge in [-0.2, -0.15) is 5.26 Å². The lowest BCUT2D eigenvalue weighted by Crippen LogP contribution is -2.36. The minimum atomic E-state index is -1.10. The van der Waals surface area contributed by atoms with Crippen molar-refractivity contribution in [1.29, 1.82) is 5.26 Å². The van der Waals surface area contributed by atoms with Gasteiger partial charge in [-0.25, -0.2) is 8.78 Å². The third-order valence-electron chi connectivity index (χ3n) is 2.77. The zero-order chi connectivity index (χ0) is 13.7. The van der Waals surface area contributed by atoms with E-state index in [0.717, 1.165) is 0 Å². The van der Waals surface area contributed by atoms with Crippen LogP contribution in [0.3, 0.4) is 0 Å². The van der Waals surface area contributed by atoms with E-state index in [9.17, 15) is 8.78 Å². The molecule has 1 unspecified atom stereocenters. The molecular formula is C13H16F2N2O. The Morgan fingerprint density at radius 3 is 2.56 bits per heavy atom. The highest BCUT2D eigenvalue weighted by Crippen LogP contribution is 2.25. The lowest BCUT2D eigenvalue weighted by atomic mass is 10.1. The van der Waals surface area contributed by atoms with Crippen LogP contribution >= 0.6 is 0 Å². The summed E-state index contributed by atoms with van der Waals surface area (Å²) in [5.41, 5.74) is -0.134. The highest BCUT2D eigenvalue weighted by Gasteiger charge is 2.20. The van der Waals surface area contributed by atoms with E-state index in [-0.39, 0.29) is 17.3 Å². The van der Waals surface area contributed by atoms with E-state index in [4.69, 9.17) is 10.00 Å². The monoisotopic (exact) mass is 254 g/mol. The number of ether oxygens (including phenoxy) is 1. The fraction of sp³-hybridized carbons (Fsp3) is 0.462. The summed E-state index contributed by atoms with van der Waals surface area (Å²) in [5.74, 6) is -2.09. The molecule has 0 spiro atoms. The highest BCUT2D eigenvalue weighted by atomic mass is 19.2. The Kier molecular flexibility index (Phi) is 5.05. The first kappa shape index (κ1) is 14.4. The number of benzene rings is 1. The molecule has 0 fully saturated rings. The Bertz CT molecular complexity index is 457. The van der Waals surface area contributed by atoms with Crippen molar-refractivity contribution in [2.75, 3.05) is 25.2 Å². The second-order valence-electron chi connectivity index (χ2n) is 3.96. The van der Waals surface area contributed by atoms with Crippen molar-refractivity contribution in [2.24, 2.45) is 0 Å². The van der Waals surface area contributed by atoms with Gasteiger partial charge in [0.05, 0.1) is 17.9 Å². The molecule has 0 aliphatic rings. The molecule has 0 aliphatic carbocycles. The van der Waals surface area contributed by atoms with Gasteiger partial charge >= 0.3 is 0 Å². The summed E-state index contributed by atoms with van der Waals surface area (Å²) in [5, 5.41) is 8.63. The average molecular weight is 254 g/mol. The molecule has 0 bridgehead atoms. The number of rotatable bonds is 5. The quantitative estimate of drug-likeness (QED) is 0.810. The van der Waals surface area contributed by atoms with Crippen molar-refractivity contribution in [3.8, 4) is 6.07 Å². The normalized spacial score (nSPS) is 12.0. The number of halogens is 2. The van der Waals surface area contributed by atoms with Crippen LogP contribution in [0.2, 0.25) is 0 Å². The molecule has 0 aromatic heterocycles. The van der Waals surface area contributed by atoms with Crippen LogP contribution in [0.15, 0.2) is 12.1 Å². The minimum Gasteiger partial charge on any atom is -0.383 e. The Labute approximate surface area is 106 Å². The van der Waals surface area contributed by atoms with Crippen LogP contribution in [-0.2, 0) is 4.74 Å². The summed E-state index contributed by atoms with van der Waals surface area (Å²) in [6, 6.07) is 4.25. The van der Waals surface area contributed by atoms with E-state index in [2.05, 4.69) is 0 Å². The van der Waals surface area contributed by atoms with Crippen LogP contribution in [0.4, 0.5) is 14.5 Å². The Morgan fingerprint density at radius 2 is 2.06 bits per heavy atom. The largest absolute Gasteiger partial charge is 0.383 e. The zero-order valence-corrected chi connectivity index (χ0v) is 10.7. The topological polar surface area (TPSA) is 36.3 Å². The van der Waals surface area contributed by atoms with E-state index < -0.39 is 11.6 Å². The second-order valence-corrected chi connectivity index (χ2v) is 3.96. The molecule has 1 atom stereocenters. The van der Waals surface area contributed by atoms with Gasteiger partial charge in [-0.05, 0) is 26.0 Å². The first-order valence-electron chi connectivity index (χ1n) is 5.70. The summed E-state index contributed by atoms with van der Waals surface area (Å²) < 4.78 is 32.4. The van der Waals surface area contributed by atoms with Gasteiger partial charge in [0.25, 0.3) is 0 Å². The Hall–Kier alpha value is -1.67. The number of hydrogen-bond donors (Lipinski definition) is 0. The molecule has 0 aliphatic heterocycles. The van der Waals surface area contributed by atoms with E-state index in [0.29, 0.717) is 13.2 Å². The third kappa shape index (κ3) is 2.77. The van der Waals surface area contributed by atoms with Crippen LogP contribution in [0, 0.1) is 23.0 Å². The molecule has 1 rings (SSSR count). The third-order valence-corrected chi connectivity index (χ3v) is 2.77. The van der Waals surface area contributed by atoms with Gasteiger partial charge in [-0.1, -0.05) is 0 Å². The number of nitrogens with zero attached hydrogens (tertiary/aromatic N) is 2. The maximum atomic E-state index is 13.9. The molecule has 0 N–H and O–H groups in total. The van der Waals surface area contributed by atoms with E-state index >= 15 is 0 Å². The minimum absolute atomic E-state index is 0.0816. The zero-order valence-electron chi connectivity index (χ0n) is 10.7. The average Bonchev–Trinajstić information content (AvgIpc) is 2.36. The maximum Gasteiger partial charge on any atom is 0.183 e. The summed E-state index contributed by atoms with van der Waals surface area (Å²) in [6.45, 7) is 4.64. The van der Waals surface area contributed by atoms with Crippen molar-refractivity contribution in [1.82, 2.24) is 0 Å². The molecule has 3 nitrogen and oxygen atoms in total. The summed E-state index contributed by atoms with van der Waals surface area (Å²) in [4.78, 5) is 1.70. The highest BCUT2D eigenvalue weighted by molar-refractivity contribution is 5.52. The SMILES string of the molecule is CCN(c1ccc(C#N)c(F)c1F)C(C)COC. The predicted octanol–water partition coefficient (Wildman–Crippen LogP) is 2.70. The van der Waals surface area contributed by atoms with E-state index in [1.165, 1.54) is 12.1 Å². The lowest BCUT2D eigenvalue weighted by Gasteiger charge is -2.30. The van der Waals surface area contributed by atoms with Gasteiger partial charge in [0, 0.05) is 19.7 Å². The van der Waals surface area contributed by atoms with Crippen molar-refractivity contribution >= 4 is 5.69 Å². The van der Waals surface area contributed by atoms with Gasteiger partial charge in [0.15, 0.2) is 11.6 Å². The number of methoxy groups -OCH3 is 1. The summed E-state index contributed by atoms with van der Waals surface area (Å²) in [7, 11) is 1.56. The maximum absolute atomic E-state index is 13.9. The molecule has 0 amide bonds. The first-order valence-corrected chi connectivity index (χ1v) is 5.70. The van der Waals surface area contributed by atoms with E-state index in [1.807, 2.05) is 13.8 Å². The first-order chi connectivity index (χ1) is 8.56. The number of nitriles is 1. The smallest absolute Gasteiger partial charge is 0.183 e. The number of likely N-dealkylation sites (N-methyl/N-ethyl adjacent to an activating group) is 1. The standard InChI is InChI=1S/C13H16F2N2O/c1-4-17(9(2)8-18-3)11-6-5-10(7-16)12(14)13(11)15/h5-6,9H,4,8H2,1-3H3. The van der Waals surface area contributed by atoms with Crippen LogP contribution in [0.5, 0.6) is 0 Å². The Balaban J connectivity index is 3.15. The van der Waals surface area contributed by atoms with Gasteiger partial charge < -0.3 is 9.64 Å². The molecule has 18 heavy (non-hydrogen) atoms. The summed E-state index contributed by atoms with van der Waals surface area (Å²) >= 11 is 0. The molecule has 5 heteroatoms. The van der Waals surface area contributed by atoms with Gasteiger partial charge in [0.1, 0.15) is 6.07 Å². The molecule has 0 radical (unpaired) electrons. The fourth-order valence-corrected chi connectivity index (χ4v) is 1.90. The van der Waals surface area contributed by atoms with Crippen LogP contribution < -0.4 is 4.90 Å². The number of hydrogen-bond acceptors (Lipinski definition) is 3.